The van der Waals surface area contributed by atoms with Crippen molar-refractivity contribution in [1.82, 2.24) is 9.55 Å². The van der Waals surface area contributed by atoms with Gasteiger partial charge in [0.05, 0.1) is 16.5 Å². The van der Waals surface area contributed by atoms with E-state index in [0.29, 0.717) is 12.0 Å². The van der Waals surface area contributed by atoms with E-state index in [9.17, 15) is 14.4 Å². The molecule has 1 aliphatic heterocycles. The normalized spacial score (nSPS) is 25.7. The minimum Gasteiger partial charge on any atom is -0.459 e. The van der Waals surface area contributed by atoms with Crippen LogP contribution >= 0.6 is 11.6 Å². The van der Waals surface area contributed by atoms with E-state index >= 15 is 0 Å². The molecule has 132 valence electrons. The molecule has 3 rings (SSSR count). The monoisotopic (exact) mass is 364 g/mol. The van der Waals surface area contributed by atoms with Crippen molar-refractivity contribution >= 4 is 17.6 Å². The van der Waals surface area contributed by atoms with Crippen LogP contribution in [0.2, 0.25) is 0 Å². The van der Waals surface area contributed by atoms with Crippen LogP contribution in [-0.4, -0.2) is 33.1 Å². The summed E-state index contributed by atoms with van der Waals surface area (Å²) in [5.41, 5.74) is -0.655. The SMILES string of the molecule is C[C@@]1(Cl)C[C@@H](COC(=O)c2ccccc2)O[C@H]1n1ccc(=O)[nH]c1=O. The van der Waals surface area contributed by atoms with Crippen molar-refractivity contribution in [1.29, 1.82) is 0 Å². The number of hydrogen-bond acceptors (Lipinski definition) is 5. The number of H-pyrrole nitrogens is 1. The Hall–Kier alpha value is -2.38. The minimum atomic E-state index is -0.883. The molecular formula is C17H17ClN2O5. The number of benzene rings is 1. The molecule has 0 aliphatic carbocycles. The van der Waals surface area contributed by atoms with Crippen LogP contribution in [0, 0.1) is 0 Å². The van der Waals surface area contributed by atoms with Gasteiger partial charge >= 0.3 is 11.7 Å². The average molecular weight is 365 g/mol. The summed E-state index contributed by atoms with van der Waals surface area (Å²) in [5, 5.41) is 0. The van der Waals surface area contributed by atoms with E-state index in [-0.39, 0.29) is 6.61 Å². The number of aromatic amines is 1. The fourth-order valence-corrected chi connectivity index (χ4v) is 3.14. The molecule has 2 aromatic rings. The first-order valence-corrected chi connectivity index (χ1v) is 8.12. The van der Waals surface area contributed by atoms with Gasteiger partial charge in [-0.3, -0.25) is 14.3 Å². The Bertz CT molecular complexity index is 874. The fraction of sp³-hybridized carbons (Fsp3) is 0.353. The number of carbonyl (C=O) groups is 1. The van der Waals surface area contributed by atoms with E-state index in [1.807, 2.05) is 6.07 Å². The number of aromatic nitrogens is 2. The molecule has 0 bridgehead atoms. The van der Waals surface area contributed by atoms with Gasteiger partial charge in [-0.1, -0.05) is 18.2 Å². The third-order valence-electron chi connectivity index (χ3n) is 3.98. The van der Waals surface area contributed by atoms with E-state index < -0.39 is 34.4 Å². The van der Waals surface area contributed by atoms with Crippen LogP contribution in [0.15, 0.2) is 52.2 Å². The number of alkyl halides is 1. The molecule has 2 heterocycles. The Morgan fingerprint density at radius 2 is 2.08 bits per heavy atom. The van der Waals surface area contributed by atoms with Crippen molar-refractivity contribution in [2.75, 3.05) is 6.61 Å². The van der Waals surface area contributed by atoms with Gasteiger partial charge in [0.25, 0.3) is 5.56 Å². The topological polar surface area (TPSA) is 90.4 Å². The van der Waals surface area contributed by atoms with Gasteiger partial charge in [0.15, 0.2) is 6.23 Å². The van der Waals surface area contributed by atoms with Crippen molar-refractivity contribution < 1.29 is 14.3 Å². The van der Waals surface area contributed by atoms with Crippen molar-refractivity contribution in [3.05, 3.63) is 69.0 Å². The van der Waals surface area contributed by atoms with Crippen LogP contribution < -0.4 is 11.2 Å². The van der Waals surface area contributed by atoms with Crippen LogP contribution in [0.5, 0.6) is 0 Å². The lowest BCUT2D eigenvalue weighted by molar-refractivity contribution is -0.0385. The molecule has 1 saturated heterocycles. The van der Waals surface area contributed by atoms with Gasteiger partial charge in [-0.05, 0) is 19.1 Å². The summed E-state index contributed by atoms with van der Waals surface area (Å²) in [6, 6.07) is 9.84. The quantitative estimate of drug-likeness (QED) is 0.658. The number of rotatable bonds is 4. The second-order valence-electron chi connectivity index (χ2n) is 6.07. The molecule has 1 aromatic heterocycles. The maximum atomic E-state index is 12.0. The first kappa shape index (κ1) is 17.4. The zero-order valence-electron chi connectivity index (χ0n) is 13.5. The summed E-state index contributed by atoms with van der Waals surface area (Å²) in [7, 11) is 0. The predicted molar refractivity (Wildman–Crippen MR) is 90.8 cm³/mol. The lowest BCUT2D eigenvalue weighted by Crippen LogP contribution is -2.37. The molecule has 8 heteroatoms. The highest BCUT2D eigenvalue weighted by molar-refractivity contribution is 6.24. The molecule has 1 fully saturated rings. The Morgan fingerprint density at radius 1 is 1.36 bits per heavy atom. The molecule has 0 spiro atoms. The van der Waals surface area contributed by atoms with Crippen LogP contribution in [0.25, 0.3) is 0 Å². The van der Waals surface area contributed by atoms with Gasteiger partial charge in [-0.25, -0.2) is 9.59 Å². The fourth-order valence-electron chi connectivity index (χ4n) is 2.81. The largest absolute Gasteiger partial charge is 0.459 e. The first-order chi connectivity index (χ1) is 11.9. The highest BCUT2D eigenvalue weighted by atomic mass is 35.5. The molecule has 25 heavy (non-hydrogen) atoms. The number of nitrogens with one attached hydrogen (secondary N) is 1. The summed E-state index contributed by atoms with van der Waals surface area (Å²) in [4.78, 5) is 36.4. The number of ether oxygens (including phenoxy) is 2. The van der Waals surface area contributed by atoms with Crippen LogP contribution in [0.1, 0.15) is 29.9 Å². The van der Waals surface area contributed by atoms with E-state index in [1.54, 1.807) is 31.2 Å². The predicted octanol–water partition coefficient (Wildman–Crippen LogP) is 1.68. The summed E-state index contributed by atoms with van der Waals surface area (Å²) >= 11 is 6.49. The smallest absolute Gasteiger partial charge is 0.338 e. The second kappa shape index (κ2) is 6.85. The summed E-state index contributed by atoms with van der Waals surface area (Å²) < 4.78 is 12.3. The molecule has 0 unspecified atom stereocenters. The zero-order chi connectivity index (χ0) is 18.0. The van der Waals surface area contributed by atoms with E-state index in [1.165, 1.54) is 16.8 Å². The number of esters is 1. The number of carbonyl (C=O) groups excluding carboxylic acids is 1. The average Bonchev–Trinajstić information content (AvgIpc) is 2.88. The van der Waals surface area contributed by atoms with Crippen LogP contribution in [-0.2, 0) is 9.47 Å². The molecule has 3 atom stereocenters. The third-order valence-corrected chi connectivity index (χ3v) is 4.32. The van der Waals surface area contributed by atoms with E-state index in [0.717, 1.165) is 0 Å². The molecule has 0 saturated carbocycles. The number of nitrogens with zero attached hydrogens (tertiary/aromatic N) is 1. The summed E-state index contributed by atoms with van der Waals surface area (Å²) in [6.45, 7) is 1.75. The maximum Gasteiger partial charge on any atom is 0.338 e. The lowest BCUT2D eigenvalue weighted by atomic mass is 10.0. The van der Waals surface area contributed by atoms with Gasteiger partial charge in [-0.2, -0.15) is 0 Å². The Labute approximate surface area is 148 Å². The maximum absolute atomic E-state index is 12.0. The minimum absolute atomic E-state index is 0.0185. The Kier molecular flexibility index (Phi) is 4.78. The molecular weight excluding hydrogens is 348 g/mol. The lowest BCUT2D eigenvalue weighted by Gasteiger charge is -2.24. The van der Waals surface area contributed by atoms with E-state index in [4.69, 9.17) is 21.1 Å². The van der Waals surface area contributed by atoms with Crippen molar-refractivity contribution in [2.24, 2.45) is 0 Å². The first-order valence-electron chi connectivity index (χ1n) is 7.75. The molecule has 7 nitrogen and oxygen atoms in total. The van der Waals surface area contributed by atoms with Gasteiger partial charge in [-0.15, -0.1) is 11.6 Å². The van der Waals surface area contributed by atoms with E-state index in [2.05, 4.69) is 4.98 Å². The standard InChI is InChI=1S/C17H17ClN2O5/c1-17(18)9-12(10-24-14(22)11-5-3-2-4-6-11)25-15(17)20-8-7-13(21)19-16(20)23/h2-8,12,15H,9-10H2,1H3,(H,19,21,23)/t12-,15+,17+/m0/s1. The zero-order valence-corrected chi connectivity index (χ0v) is 14.2. The number of halogens is 1. The van der Waals surface area contributed by atoms with Crippen molar-refractivity contribution in [2.45, 2.75) is 30.6 Å². The molecule has 0 radical (unpaired) electrons. The van der Waals surface area contributed by atoms with Gasteiger partial charge < -0.3 is 9.47 Å². The summed E-state index contributed by atoms with van der Waals surface area (Å²) in [5.74, 6) is -0.454. The molecule has 1 aliphatic rings. The number of hydrogen-bond donors (Lipinski definition) is 1. The Balaban J connectivity index is 1.69. The highest BCUT2D eigenvalue weighted by Crippen LogP contribution is 2.42. The third kappa shape index (κ3) is 3.83. The van der Waals surface area contributed by atoms with Gasteiger partial charge in [0.1, 0.15) is 6.61 Å². The van der Waals surface area contributed by atoms with Crippen molar-refractivity contribution in [3.63, 3.8) is 0 Å². The summed E-state index contributed by atoms with van der Waals surface area (Å²) in [6.07, 6.45) is 0.482. The van der Waals surface area contributed by atoms with Gasteiger partial charge in [0, 0.05) is 18.7 Å². The molecule has 1 N–H and O–H groups in total. The highest BCUT2D eigenvalue weighted by Gasteiger charge is 2.45. The molecule has 1 aromatic carbocycles. The van der Waals surface area contributed by atoms with Gasteiger partial charge in [0.2, 0.25) is 0 Å². The van der Waals surface area contributed by atoms with Crippen LogP contribution in [0.4, 0.5) is 0 Å². The van der Waals surface area contributed by atoms with Crippen LogP contribution in [0.3, 0.4) is 0 Å². The Morgan fingerprint density at radius 3 is 2.76 bits per heavy atom. The molecule has 0 amide bonds. The second-order valence-corrected chi connectivity index (χ2v) is 6.94. The van der Waals surface area contributed by atoms with Crippen molar-refractivity contribution in [3.8, 4) is 0 Å².